The molecule has 0 aromatic rings. The summed E-state index contributed by atoms with van der Waals surface area (Å²) >= 11 is 0. The molecule has 2 amide bonds. The number of allylic oxidation sites excluding steroid dienone is 2. The first kappa shape index (κ1) is 16.1. The van der Waals surface area contributed by atoms with Gasteiger partial charge in [0.15, 0.2) is 0 Å². The Kier molecular flexibility index (Phi) is 4.85. The lowest BCUT2D eigenvalue weighted by atomic mass is 9.73. The van der Waals surface area contributed by atoms with Crippen LogP contribution < -0.4 is 0 Å². The first-order chi connectivity index (χ1) is 10.5. The lowest BCUT2D eigenvalue weighted by Crippen LogP contribution is -2.72. The number of carbonyl (C=O) groups is 1. The van der Waals surface area contributed by atoms with E-state index in [4.69, 9.17) is 10.2 Å². The highest BCUT2D eigenvalue weighted by molar-refractivity contribution is 6.01. The van der Waals surface area contributed by atoms with Gasteiger partial charge in [-0.1, -0.05) is 5.16 Å². The average molecular weight is 305 g/mol. The molecule has 0 aliphatic carbocycles. The number of carbonyl (C=O) groups excluding carboxylic acids is 1. The number of nitrogens with zero attached hydrogens (tertiary/aromatic N) is 4. The third kappa shape index (κ3) is 3.66. The first-order valence-corrected chi connectivity index (χ1v) is 7.23. The summed E-state index contributed by atoms with van der Waals surface area (Å²) < 4.78 is 0. The maximum Gasteiger partial charge on any atom is 0.319 e. The molecular formula is C15H23N5O2. The van der Waals surface area contributed by atoms with Crippen LogP contribution in [0.15, 0.2) is 29.8 Å². The molecule has 2 aliphatic heterocycles. The van der Waals surface area contributed by atoms with Crippen molar-refractivity contribution in [2.24, 2.45) is 10.6 Å². The Morgan fingerprint density at radius 2 is 1.95 bits per heavy atom. The summed E-state index contributed by atoms with van der Waals surface area (Å²) in [7, 11) is 3.55. The van der Waals surface area contributed by atoms with Crippen LogP contribution in [-0.4, -0.2) is 72.9 Å². The zero-order valence-electron chi connectivity index (χ0n) is 13.3. The van der Waals surface area contributed by atoms with Crippen LogP contribution in [0.5, 0.6) is 0 Å². The maximum absolute atomic E-state index is 11.8. The molecule has 0 saturated carbocycles. The zero-order chi connectivity index (χ0) is 16.2. The molecule has 7 nitrogen and oxygen atoms in total. The lowest BCUT2D eigenvalue weighted by Gasteiger charge is -2.60. The van der Waals surface area contributed by atoms with E-state index in [1.54, 1.807) is 38.1 Å². The van der Waals surface area contributed by atoms with E-state index >= 15 is 0 Å². The van der Waals surface area contributed by atoms with Crippen molar-refractivity contribution >= 4 is 18.0 Å². The molecule has 0 bridgehead atoms. The molecule has 0 radical (unpaired) electrons. The number of likely N-dealkylation sites (tertiary alicyclic amines) is 2. The standard InChI is InChI=1S/C15H23N5O2/c1-4-17-22-8-6-13(16)5-7-19-9-15(10-19)11-20(12-15)14(21)18(2)3/h4-8,16H,9-12H2,1-3H3/b7-5+,8-6+,16-13?,17-4+. The summed E-state index contributed by atoms with van der Waals surface area (Å²) in [5, 5.41) is 11.3. The molecule has 22 heavy (non-hydrogen) atoms. The summed E-state index contributed by atoms with van der Waals surface area (Å²) in [5.74, 6) is 0. The van der Waals surface area contributed by atoms with Crippen molar-refractivity contribution in [3.8, 4) is 0 Å². The summed E-state index contributed by atoms with van der Waals surface area (Å²) in [4.78, 5) is 22.2. The molecule has 0 unspecified atom stereocenters. The molecule has 0 aromatic carbocycles. The van der Waals surface area contributed by atoms with Crippen LogP contribution >= 0.6 is 0 Å². The molecule has 1 spiro atoms. The Morgan fingerprint density at radius 3 is 2.55 bits per heavy atom. The van der Waals surface area contributed by atoms with Crippen LogP contribution in [-0.2, 0) is 4.84 Å². The van der Waals surface area contributed by atoms with Gasteiger partial charge in [0, 0.05) is 64.2 Å². The van der Waals surface area contributed by atoms with E-state index in [-0.39, 0.29) is 11.4 Å². The monoisotopic (exact) mass is 305 g/mol. The summed E-state index contributed by atoms with van der Waals surface area (Å²) in [6, 6.07) is 0.0845. The van der Waals surface area contributed by atoms with Gasteiger partial charge in [-0.2, -0.15) is 0 Å². The fourth-order valence-electron chi connectivity index (χ4n) is 2.74. The Morgan fingerprint density at radius 1 is 1.27 bits per heavy atom. The quantitative estimate of drug-likeness (QED) is 0.473. The van der Waals surface area contributed by atoms with Crippen LogP contribution in [0, 0.1) is 10.8 Å². The Balaban J connectivity index is 1.68. The van der Waals surface area contributed by atoms with Gasteiger partial charge in [-0.05, 0) is 13.0 Å². The van der Waals surface area contributed by atoms with Gasteiger partial charge >= 0.3 is 6.03 Å². The molecule has 0 atom stereocenters. The topological polar surface area (TPSA) is 72.2 Å². The molecule has 2 heterocycles. The fraction of sp³-hybridized carbons (Fsp3) is 0.533. The largest absolute Gasteiger partial charge is 0.376 e. The first-order valence-electron chi connectivity index (χ1n) is 7.23. The fourth-order valence-corrected chi connectivity index (χ4v) is 2.74. The van der Waals surface area contributed by atoms with Gasteiger partial charge in [-0.3, -0.25) is 0 Å². The van der Waals surface area contributed by atoms with Gasteiger partial charge in [-0.25, -0.2) is 4.79 Å². The van der Waals surface area contributed by atoms with E-state index in [1.807, 2.05) is 11.1 Å². The molecule has 1 N–H and O–H groups in total. The Hall–Kier alpha value is -2.31. The van der Waals surface area contributed by atoms with Gasteiger partial charge in [0.25, 0.3) is 0 Å². The van der Waals surface area contributed by atoms with Gasteiger partial charge in [0.1, 0.15) is 6.26 Å². The Labute approximate surface area is 131 Å². The second-order valence-corrected chi connectivity index (χ2v) is 5.98. The van der Waals surface area contributed by atoms with Crippen molar-refractivity contribution in [2.45, 2.75) is 6.92 Å². The van der Waals surface area contributed by atoms with Crippen LogP contribution in [0.1, 0.15) is 6.92 Å². The summed E-state index contributed by atoms with van der Waals surface area (Å²) in [6.07, 6.45) is 8.09. The van der Waals surface area contributed by atoms with Crippen LogP contribution in [0.2, 0.25) is 0 Å². The van der Waals surface area contributed by atoms with Crippen molar-refractivity contribution in [3.05, 3.63) is 24.6 Å². The molecule has 120 valence electrons. The number of hydrogen-bond acceptors (Lipinski definition) is 5. The molecule has 2 fully saturated rings. The number of hydrogen-bond donors (Lipinski definition) is 1. The third-order valence-electron chi connectivity index (χ3n) is 3.72. The smallest absolute Gasteiger partial charge is 0.319 e. The van der Waals surface area contributed by atoms with Crippen molar-refractivity contribution in [1.82, 2.24) is 14.7 Å². The van der Waals surface area contributed by atoms with E-state index in [0.717, 1.165) is 26.2 Å². The van der Waals surface area contributed by atoms with E-state index < -0.39 is 0 Å². The molecule has 7 heteroatoms. The van der Waals surface area contributed by atoms with E-state index in [1.165, 1.54) is 12.5 Å². The highest BCUT2D eigenvalue weighted by atomic mass is 16.6. The predicted octanol–water partition coefficient (Wildman–Crippen LogP) is 1.36. The molecule has 2 saturated heterocycles. The lowest BCUT2D eigenvalue weighted by molar-refractivity contribution is -0.0768. The van der Waals surface area contributed by atoms with Gasteiger partial charge < -0.3 is 24.9 Å². The van der Waals surface area contributed by atoms with Crippen molar-refractivity contribution in [2.75, 3.05) is 40.3 Å². The van der Waals surface area contributed by atoms with E-state index in [0.29, 0.717) is 5.71 Å². The average Bonchev–Trinajstić information content (AvgIpc) is 2.39. The Bertz CT molecular complexity index is 510. The van der Waals surface area contributed by atoms with Crippen LogP contribution in [0.25, 0.3) is 0 Å². The molecule has 2 aliphatic rings. The molecular weight excluding hydrogens is 282 g/mol. The number of rotatable bonds is 5. The maximum atomic E-state index is 11.8. The number of amides is 2. The van der Waals surface area contributed by atoms with Crippen molar-refractivity contribution in [3.63, 3.8) is 0 Å². The number of oxime groups is 1. The minimum atomic E-state index is 0.0845. The SMILES string of the molecule is C/C=N/O/C=C/C(=N)/C=C/N1CC2(C1)CN(C(=O)N(C)C)C2. The van der Waals surface area contributed by atoms with Crippen molar-refractivity contribution in [1.29, 1.82) is 5.41 Å². The summed E-state index contributed by atoms with van der Waals surface area (Å²) in [5.41, 5.74) is 0.609. The van der Waals surface area contributed by atoms with Crippen LogP contribution in [0.4, 0.5) is 4.79 Å². The molecule has 2 rings (SSSR count). The minimum absolute atomic E-state index is 0.0845. The highest BCUT2D eigenvalue weighted by Gasteiger charge is 2.52. The number of urea groups is 1. The van der Waals surface area contributed by atoms with Gasteiger partial charge in [0.2, 0.25) is 0 Å². The van der Waals surface area contributed by atoms with Crippen LogP contribution in [0.3, 0.4) is 0 Å². The summed E-state index contributed by atoms with van der Waals surface area (Å²) in [6.45, 7) is 5.29. The zero-order valence-corrected chi connectivity index (χ0v) is 13.3. The number of nitrogens with one attached hydrogen (secondary N) is 1. The third-order valence-corrected chi connectivity index (χ3v) is 3.72. The van der Waals surface area contributed by atoms with Gasteiger partial charge in [0.05, 0.1) is 5.71 Å². The van der Waals surface area contributed by atoms with Crippen molar-refractivity contribution < 1.29 is 9.63 Å². The van der Waals surface area contributed by atoms with Gasteiger partial charge in [-0.15, -0.1) is 0 Å². The second-order valence-electron chi connectivity index (χ2n) is 5.98. The predicted molar refractivity (Wildman–Crippen MR) is 85.9 cm³/mol. The second kappa shape index (κ2) is 6.64. The normalized spacial score (nSPS) is 19.8. The highest BCUT2D eigenvalue weighted by Crippen LogP contribution is 2.39. The van der Waals surface area contributed by atoms with E-state index in [2.05, 4.69) is 10.1 Å². The van der Waals surface area contributed by atoms with E-state index in [9.17, 15) is 4.79 Å². The minimum Gasteiger partial charge on any atom is -0.376 e. The molecule has 0 aromatic heterocycles.